The Morgan fingerprint density at radius 1 is 0.905 bits per heavy atom. The highest BCUT2D eigenvalue weighted by Gasteiger charge is 2.05. The van der Waals surface area contributed by atoms with E-state index >= 15 is 0 Å². The maximum absolute atomic E-state index is 4.44. The summed E-state index contributed by atoms with van der Waals surface area (Å²) in [7, 11) is 0. The third kappa shape index (κ3) is 6.01. The molecule has 0 saturated carbocycles. The normalized spacial score (nSPS) is 10.5. The first kappa shape index (κ1) is 17.9. The first-order valence-corrected chi connectivity index (χ1v) is 8.16. The van der Waals surface area contributed by atoms with Crippen LogP contribution in [0, 0.1) is 0 Å². The molecule has 0 fully saturated rings. The van der Waals surface area contributed by atoms with Gasteiger partial charge in [0.2, 0.25) is 6.20 Å². The van der Waals surface area contributed by atoms with Gasteiger partial charge in [-0.3, -0.25) is 0 Å². The predicted octanol–water partition coefficient (Wildman–Crippen LogP) is 1.74. The highest BCUT2D eigenvalue weighted by Crippen LogP contribution is 2.17. The zero-order chi connectivity index (χ0) is 14.0. The summed E-state index contributed by atoms with van der Waals surface area (Å²) in [5, 5.41) is 10.0. The molecule has 116 valence electrons. The number of aromatic amines is 1. The maximum Gasteiger partial charge on any atom is 0.201 e. The second-order valence-corrected chi connectivity index (χ2v) is 5.64. The number of H-pyrrole nitrogens is 1. The minimum absolute atomic E-state index is 0. The van der Waals surface area contributed by atoms with E-state index in [0.717, 1.165) is 6.42 Å². The van der Waals surface area contributed by atoms with Crippen LogP contribution in [0.1, 0.15) is 64.0 Å². The Labute approximate surface area is 134 Å². The lowest BCUT2D eigenvalue weighted by molar-refractivity contribution is -0.454. The van der Waals surface area contributed by atoms with Crippen molar-refractivity contribution in [3.05, 3.63) is 36.2 Å². The molecule has 21 heavy (non-hydrogen) atoms. The lowest BCUT2D eigenvalue weighted by Gasteiger charge is -2.02. The molecule has 1 aromatic carbocycles. The van der Waals surface area contributed by atoms with Gasteiger partial charge in [0.1, 0.15) is 5.69 Å². The summed E-state index contributed by atoms with van der Waals surface area (Å²) < 4.78 is 0. The Morgan fingerprint density at radius 2 is 1.57 bits per heavy atom. The monoisotopic (exact) mass is 306 g/mol. The van der Waals surface area contributed by atoms with Crippen LogP contribution in [-0.2, 0) is 6.42 Å². The molecule has 0 amide bonds. The second kappa shape index (κ2) is 10.6. The Bertz CT molecular complexity index is 508. The van der Waals surface area contributed by atoms with E-state index in [-0.39, 0.29) is 12.4 Å². The molecule has 0 bridgehead atoms. The van der Waals surface area contributed by atoms with Crippen LogP contribution in [0.15, 0.2) is 30.5 Å². The van der Waals surface area contributed by atoms with Crippen molar-refractivity contribution < 1.29 is 17.5 Å². The molecule has 2 aromatic rings. The molecule has 0 atom stereocenters. The summed E-state index contributed by atoms with van der Waals surface area (Å²) in [5.74, 6) is 0. The van der Waals surface area contributed by atoms with Gasteiger partial charge in [0.25, 0.3) is 0 Å². The highest BCUT2D eigenvalue weighted by atomic mass is 35.5. The quantitative estimate of drug-likeness (QED) is 0.648. The molecule has 0 unspecified atom stereocenters. The minimum Gasteiger partial charge on any atom is -1.00 e. The average Bonchev–Trinajstić information content (AvgIpc) is 2.50. The number of nitrogens with one attached hydrogen (secondary N) is 1. The summed E-state index contributed by atoms with van der Waals surface area (Å²) in [5.41, 5.74) is 1.22. The van der Waals surface area contributed by atoms with E-state index in [1.54, 1.807) is 0 Å². The van der Waals surface area contributed by atoms with Crippen molar-refractivity contribution in [1.82, 2.24) is 5.10 Å². The standard InChI is InChI=1S/C18H26N2.ClH/c1-2-3-4-5-6-7-8-9-14-18-17-13-11-10-12-16(17)15-19-20-18;/h10-13,15H,2-9,14H2,1H3;1H. The predicted molar refractivity (Wildman–Crippen MR) is 84.6 cm³/mol. The van der Waals surface area contributed by atoms with E-state index in [0.29, 0.717) is 0 Å². The number of halogens is 1. The number of hydrogen-bond acceptors (Lipinski definition) is 1. The maximum atomic E-state index is 4.44. The van der Waals surface area contributed by atoms with Gasteiger partial charge in [0.15, 0.2) is 0 Å². The summed E-state index contributed by atoms with van der Waals surface area (Å²) >= 11 is 0. The van der Waals surface area contributed by atoms with Crippen LogP contribution in [0.5, 0.6) is 0 Å². The molecular formula is C18H27ClN2. The number of hydrogen-bond donors (Lipinski definition) is 0. The molecule has 3 heteroatoms. The van der Waals surface area contributed by atoms with E-state index in [1.165, 1.54) is 67.8 Å². The van der Waals surface area contributed by atoms with Crippen molar-refractivity contribution in [3.63, 3.8) is 0 Å². The van der Waals surface area contributed by atoms with Gasteiger partial charge < -0.3 is 12.4 Å². The zero-order valence-electron chi connectivity index (χ0n) is 13.1. The van der Waals surface area contributed by atoms with Gasteiger partial charge in [-0.2, -0.15) is 0 Å². The lowest BCUT2D eigenvalue weighted by atomic mass is 10.0. The van der Waals surface area contributed by atoms with Crippen LogP contribution in [-0.4, -0.2) is 5.10 Å². The average molecular weight is 307 g/mol. The van der Waals surface area contributed by atoms with E-state index in [1.807, 2.05) is 6.20 Å². The van der Waals surface area contributed by atoms with E-state index in [9.17, 15) is 0 Å². The molecule has 0 radical (unpaired) electrons. The van der Waals surface area contributed by atoms with Crippen molar-refractivity contribution >= 4 is 10.8 Å². The fourth-order valence-corrected chi connectivity index (χ4v) is 2.74. The van der Waals surface area contributed by atoms with Crippen molar-refractivity contribution in [2.75, 3.05) is 0 Å². The van der Waals surface area contributed by atoms with Crippen molar-refractivity contribution in [3.8, 4) is 0 Å². The van der Waals surface area contributed by atoms with Crippen LogP contribution in [0.3, 0.4) is 0 Å². The Kier molecular flexibility index (Phi) is 9.00. The third-order valence-electron chi connectivity index (χ3n) is 3.96. The molecule has 0 saturated heterocycles. The number of nitrogens with zero attached hydrogens (tertiary/aromatic N) is 1. The molecule has 0 aliphatic carbocycles. The summed E-state index contributed by atoms with van der Waals surface area (Å²) in [4.78, 5) is 0. The zero-order valence-corrected chi connectivity index (χ0v) is 13.8. The number of rotatable bonds is 9. The highest BCUT2D eigenvalue weighted by molar-refractivity contribution is 5.82. The Hall–Kier alpha value is -1.15. The fraction of sp³-hybridized carbons (Fsp3) is 0.556. The van der Waals surface area contributed by atoms with E-state index in [4.69, 9.17) is 0 Å². The Balaban J connectivity index is 0.00000220. The van der Waals surface area contributed by atoms with Crippen LogP contribution >= 0.6 is 0 Å². The molecule has 0 spiro atoms. The van der Waals surface area contributed by atoms with Crippen molar-refractivity contribution in [1.29, 1.82) is 0 Å². The summed E-state index contributed by atoms with van der Waals surface area (Å²) in [6, 6.07) is 8.50. The van der Waals surface area contributed by atoms with Crippen LogP contribution < -0.4 is 17.5 Å². The number of aryl methyl sites for hydroxylation is 1. The van der Waals surface area contributed by atoms with Gasteiger partial charge >= 0.3 is 0 Å². The number of benzene rings is 1. The third-order valence-corrected chi connectivity index (χ3v) is 3.96. The fourth-order valence-electron chi connectivity index (χ4n) is 2.74. The lowest BCUT2D eigenvalue weighted by Crippen LogP contribution is -3.00. The molecule has 0 aliphatic heterocycles. The topological polar surface area (TPSA) is 27.0 Å². The molecule has 1 aromatic heterocycles. The van der Waals surface area contributed by atoms with Crippen molar-refractivity contribution in [2.24, 2.45) is 0 Å². The first-order valence-electron chi connectivity index (χ1n) is 8.16. The molecule has 1 heterocycles. The second-order valence-electron chi connectivity index (χ2n) is 5.64. The number of fused-ring (bicyclic) bond motifs is 1. The smallest absolute Gasteiger partial charge is 0.201 e. The SMILES string of the molecule is CCCCCCCCCCc1n[nH+]cc2ccccc12.[Cl-]. The van der Waals surface area contributed by atoms with Gasteiger partial charge in [-0.1, -0.05) is 70.1 Å². The van der Waals surface area contributed by atoms with E-state index in [2.05, 4.69) is 41.4 Å². The number of unbranched alkanes of at least 4 members (excludes halogenated alkanes) is 7. The van der Waals surface area contributed by atoms with E-state index < -0.39 is 0 Å². The Morgan fingerprint density at radius 3 is 2.33 bits per heavy atom. The van der Waals surface area contributed by atoms with Gasteiger partial charge in [-0.15, -0.1) is 5.10 Å². The molecule has 2 rings (SSSR count). The molecule has 1 N–H and O–H groups in total. The first-order chi connectivity index (χ1) is 9.92. The van der Waals surface area contributed by atoms with Gasteiger partial charge in [0, 0.05) is 10.8 Å². The van der Waals surface area contributed by atoms with Crippen LogP contribution in [0.2, 0.25) is 0 Å². The van der Waals surface area contributed by atoms with Crippen LogP contribution in [0.4, 0.5) is 0 Å². The summed E-state index contributed by atoms with van der Waals surface area (Å²) in [6.45, 7) is 2.27. The van der Waals surface area contributed by atoms with Gasteiger partial charge in [-0.05, 0) is 24.0 Å². The molecular weight excluding hydrogens is 280 g/mol. The van der Waals surface area contributed by atoms with Gasteiger partial charge in [-0.25, -0.2) is 0 Å². The van der Waals surface area contributed by atoms with Crippen LogP contribution in [0.25, 0.3) is 10.8 Å². The summed E-state index contributed by atoms with van der Waals surface area (Å²) in [6.07, 6.45) is 14.0. The van der Waals surface area contributed by atoms with Crippen molar-refractivity contribution in [2.45, 2.75) is 64.7 Å². The van der Waals surface area contributed by atoms with Gasteiger partial charge in [0.05, 0.1) is 0 Å². The molecule has 2 nitrogen and oxygen atoms in total. The number of aromatic nitrogens is 2. The molecule has 0 aliphatic rings. The minimum atomic E-state index is 0. The largest absolute Gasteiger partial charge is 1.00 e.